The molecule has 4 aromatic rings. The fraction of sp³-hybridized carbons (Fsp3) is 0.214. The van der Waals surface area contributed by atoms with Crippen LogP contribution in [0.5, 0.6) is 0 Å². The van der Waals surface area contributed by atoms with Crippen LogP contribution in [0, 0.1) is 0 Å². The Balaban J connectivity index is 1.43. The van der Waals surface area contributed by atoms with Crippen molar-refractivity contribution in [2.45, 2.75) is 6.42 Å². The maximum absolute atomic E-state index is 4.55. The summed E-state index contributed by atoms with van der Waals surface area (Å²) in [4.78, 5) is 18.5. The Labute approximate surface area is 135 Å². The minimum atomic E-state index is 0.575. The van der Waals surface area contributed by atoms with E-state index in [0.717, 1.165) is 22.8 Å². The molecule has 1 N–H and O–H groups in total. The van der Waals surface area contributed by atoms with E-state index in [4.69, 9.17) is 0 Å². The molecule has 4 aromatic heterocycles. The number of hydrogen-bond acceptors (Lipinski definition) is 7. The summed E-state index contributed by atoms with van der Waals surface area (Å²) >= 11 is 1.63. The summed E-state index contributed by atoms with van der Waals surface area (Å²) in [5.41, 5.74) is 1.79. The van der Waals surface area contributed by atoms with Crippen LogP contribution < -0.4 is 5.32 Å². The topological polar surface area (TPSA) is 85.8 Å². The molecule has 4 rings (SSSR count). The summed E-state index contributed by atoms with van der Waals surface area (Å²) in [6, 6.07) is 1.82. The van der Waals surface area contributed by atoms with Gasteiger partial charge in [0, 0.05) is 44.0 Å². The smallest absolute Gasteiger partial charge is 0.223 e. The molecule has 0 saturated carbocycles. The molecule has 0 aliphatic rings. The highest BCUT2D eigenvalue weighted by atomic mass is 32.1. The molecule has 0 unspecified atom stereocenters. The Morgan fingerprint density at radius 1 is 1.26 bits per heavy atom. The first kappa shape index (κ1) is 13.8. The highest BCUT2D eigenvalue weighted by Gasteiger charge is 2.08. The Morgan fingerprint density at radius 3 is 3.04 bits per heavy atom. The summed E-state index contributed by atoms with van der Waals surface area (Å²) in [6.45, 7) is 0.715. The Hall–Kier alpha value is -2.81. The van der Waals surface area contributed by atoms with E-state index in [2.05, 4.69) is 30.4 Å². The largest absolute Gasteiger partial charge is 0.354 e. The molecule has 116 valence electrons. The zero-order chi connectivity index (χ0) is 15.6. The van der Waals surface area contributed by atoms with Crippen LogP contribution in [0.2, 0.25) is 0 Å². The number of nitrogens with one attached hydrogen (secondary N) is 1. The number of hydrogen-bond donors (Lipinski definition) is 1. The molecule has 8 nitrogen and oxygen atoms in total. The van der Waals surface area contributed by atoms with Crippen molar-refractivity contribution in [3.63, 3.8) is 0 Å². The van der Waals surface area contributed by atoms with Crippen molar-refractivity contribution in [3.05, 3.63) is 42.1 Å². The van der Waals surface area contributed by atoms with Crippen LogP contribution in [0.4, 0.5) is 5.95 Å². The van der Waals surface area contributed by atoms with Crippen molar-refractivity contribution in [2.75, 3.05) is 11.9 Å². The molecule has 0 aliphatic heterocycles. The first-order valence-electron chi connectivity index (χ1n) is 7.12. The van der Waals surface area contributed by atoms with Gasteiger partial charge in [0.05, 0.1) is 5.69 Å². The zero-order valence-corrected chi connectivity index (χ0v) is 13.2. The standard InChI is InChI=1S/C14H14N8S/c1-21-12(17-9-18-21)11-3-5-16-13(20-11)15-4-2-10-8-22-6-7-23-14(22)19-10/h3,5-9H,2,4H2,1H3,(H,15,16,20). The number of aromatic nitrogens is 7. The van der Waals surface area contributed by atoms with Gasteiger partial charge in [-0.25, -0.2) is 24.6 Å². The molecule has 23 heavy (non-hydrogen) atoms. The minimum Gasteiger partial charge on any atom is -0.354 e. The highest BCUT2D eigenvalue weighted by Crippen LogP contribution is 2.14. The maximum atomic E-state index is 4.55. The SMILES string of the molecule is Cn1ncnc1-c1ccnc(NCCc2cn3ccsc3n2)n1. The number of thiazole rings is 1. The molecule has 0 amide bonds. The molecule has 0 radical (unpaired) electrons. The first-order chi connectivity index (χ1) is 11.3. The van der Waals surface area contributed by atoms with Gasteiger partial charge in [-0.05, 0) is 6.07 Å². The molecule has 4 heterocycles. The second-order valence-corrected chi connectivity index (χ2v) is 5.85. The zero-order valence-electron chi connectivity index (χ0n) is 12.4. The summed E-state index contributed by atoms with van der Waals surface area (Å²) in [7, 11) is 1.84. The highest BCUT2D eigenvalue weighted by molar-refractivity contribution is 7.15. The van der Waals surface area contributed by atoms with Crippen LogP contribution in [0.25, 0.3) is 16.5 Å². The van der Waals surface area contributed by atoms with Crippen molar-refractivity contribution in [3.8, 4) is 11.5 Å². The van der Waals surface area contributed by atoms with Crippen LogP contribution in [0.15, 0.2) is 36.4 Å². The molecule has 0 aliphatic carbocycles. The van der Waals surface area contributed by atoms with Gasteiger partial charge in [-0.1, -0.05) is 0 Å². The van der Waals surface area contributed by atoms with Crippen LogP contribution in [-0.2, 0) is 13.5 Å². The molecular formula is C14H14N8S. The summed E-state index contributed by atoms with van der Waals surface area (Å²) < 4.78 is 3.72. The van der Waals surface area contributed by atoms with Crippen LogP contribution >= 0.6 is 11.3 Å². The molecule has 0 spiro atoms. The van der Waals surface area contributed by atoms with Crippen molar-refractivity contribution in [2.24, 2.45) is 7.05 Å². The normalized spacial score (nSPS) is 11.2. The number of nitrogens with zero attached hydrogens (tertiary/aromatic N) is 7. The van der Waals surface area contributed by atoms with Crippen molar-refractivity contribution in [1.29, 1.82) is 0 Å². The van der Waals surface area contributed by atoms with Gasteiger partial charge in [0.25, 0.3) is 0 Å². The van der Waals surface area contributed by atoms with Crippen molar-refractivity contribution < 1.29 is 0 Å². The lowest BCUT2D eigenvalue weighted by Gasteiger charge is -2.05. The fourth-order valence-corrected chi connectivity index (χ4v) is 3.01. The van der Waals surface area contributed by atoms with E-state index in [-0.39, 0.29) is 0 Å². The number of aryl methyl sites for hydroxylation is 1. The quantitative estimate of drug-likeness (QED) is 0.600. The van der Waals surface area contributed by atoms with Crippen LogP contribution in [0.3, 0.4) is 0 Å². The Kier molecular flexibility index (Phi) is 3.46. The average molecular weight is 326 g/mol. The third kappa shape index (κ3) is 2.78. The molecule has 0 fully saturated rings. The van der Waals surface area contributed by atoms with Crippen LogP contribution in [-0.4, -0.2) is 40.7 Å². The predicted molar refractivity (Wildman–Crippen MR) is 87.3 cm³/mol. The van der Waals surface area contributed by atoms with E-state index < -0.39 is 0 Å². The van der Waals surface area contributed by atoms with E-state index in [1.807, 2.05) is 35.3 Å². The average Bonchev–Trinajstić information content (AvgIpc) is 3.23. The van der Waals surface area contributed by atoms with Gasteiger partial charge in [-0.3, -0.25) is 4.40 Å². The summed E-state index contributed by atoms with van der Waals surface area (Å²) in [6.07, 6.45) is 8.09. The van der Waals surface area contributed by atoms with Gasteiger partial charge in [0.1, 0.15) is 12.0 Å². The Bertz CT molecular complexity index is 908. The summed E-state index contributed by atoms with van der Waals surface area (Å²) in [5.74, 6) is 1.29. The molecular weight excluding hydrogens is 312 g/mol. The minimum absolute atomic E-state index is 0.575. The van der Waals surface area contributed by atoms with Gasteiger partial charge in [-0.15, -0.1) is 11.3 Å². The predicted octanol–water partition coefficient (Wildman–Crippen LogP) is 1.64. The van der Waals surface area contributed by atoms with Gasteiger partial charge in [0.2, 0.25) is 5.95 Å². The first-order valence-corrected chi connectivity index (χ1v) is 8.00. The van der Waals surface area contributed by atoms with E-state index in [1.54, 1.807) is 22.2 Å². The molecule has 0 atom stereocenters. The number of imidazole rings is 1. The van der Waals surface area contributed by atoms with Gasteiger partial charge in [-0.2, -0.15) is 5.10 Å². The van der Waals surface area contributed by atoms with E-state index in [9.17, 15) is 0 Å². The lowest BCUT2D eigenvalue weighted by atomic mass is 10.3. The van der Waals surface area contributed by atoms with Crippen molar-refractivity contribution in [1.82, 2.24) is 34.1 Å². The van der Waals surface area contributed by atoms with E-state index >= 15 is 0 Å². The molecule has 0 aromatic carbocycles. The van der Waals surface area contributed by atoms with E-state index in [1.165, 1.54) is 6.33 Å². The van der Waals surface area contributed by atoms with Crippen LogP contribution in [0.1, 0.15) is 5.69 Å². The molecule has 0 bridgehead atoms. The second-order valence-electron chi connectivity index (χ2n) is 4.97. The second kappa shape index (κ2) is 5.76. The lowest BCUT2D eigenvalue weighted by Crippen LogP contribution is -2.09. The van der Waals surface area contributed by atoms with Gasteiger partial charge in [0.15, 0.2) is 10.8 Å². The fourth-order valence-electron chi connectivity index (χ4n) is 2.30. The summed E-state index contributed by atoms with van der Waals surface area (Å²) in [5, 5.41) is 9.31. The third-order valence-electron chi connectivity index (χ3n) is 3.40. The monoisotopic (exact) mass is 326 g/mol. The molecule has 0 saturated heterocycles. The van der Waals surface area contributed by atoms with Gasteiger partial charge < -0.3 is 5.32 Å². The van der Waals surface area contributed by atoms with Gasteiger partial charge >= 0.3 is 0 Å². The lowest BCUT2D eigenvalue weighted by molar-refractivity contribution is 0.771. The van der Waals surface area contributed by atoms with Crippen molar-refractivity contribution >= 4 is 22.2 Å². The number of fused-ring (bicyclic) bond motifs is 1. The maximum Gasteiger partial charge on any atom is 0.223 e. The Morgan fingerprint density at radius 2 is 2.22 bits per heavy atom. The number of anilines is 1. The third-order valence-corrected chi connectivity index (χ3v) is 4.17. The van der Waals surface area contributed by atoms with E-state index in [0.29, 0.717) is 18.3 Å². The molecule has 9 heteroatoms. The number of rotatable bonds is 5.